The van der Waals surface area contributed by atoms with Crippen LogP contribution in [0.15, 0.2) is 71.6 Å². The molecule has 5 nitrogen and oxygen atoms in total. The van der Waals surface area contributed by atoms with Gasteiger partial charge in [0.05, 0.1) is 10.6 Å². The van der Waals surface area contributed by atoms with Crippen molar-refractivity contribution >= 4 is 38.9 Å². The van der Waals surface area contributed by atoms with Gasteiger partial charge in [-0.25, -0.2) is 8.42 Å². The van der Waals surface area contributed by atoms with Crippen molar-refractivity contribution in [2.24, 2.45) is 0 Å². The van der Waals surface area contributed by atoms with Crippen LogP contribution in [0.5, 0.6) is 0 Å². The number of halogens is 1. The van der Waals surface area contributed by atoms with Gasteiger partial charge in [-0.05, 0) is 73.9 Å². The minimum absolute atomic E-state index is 0.237. The summed E-state index contributed by atoms with van der Waals surface area (Å²) in [6.07, 6.45) is 0.540. The van der Waals surface area contributed by atoms with Crippen molar-refractivity contribution in [1.29, 1.82) is 0 Å². The second-order valence-corrected chi connectivity index (χ2v) is 9.68. The summed E-state index contributed by atoms with van der Waals surface area (Å²) in [5.74, 6) is -0.264. The molecule has 154 valence electrons. The highest BCUT2D eigenvalue weighted by molar-refractivity contribution is 7.92. The maximum Gasteiger partial charge on any atom is 0.264 e. The van der Waals surface area contributed by atoms with E-state index in [1.165, 1.54) is 4.31 Å². The molecule has 1 N–H and O–H groups in total. The molecule has 0 saturated heterocycles. The molecular formula is C23H21ClN2O3S. The number of aryl methyl sites for hydroxylation is 1. The maximum absolute atomic E-state index is 13.2. The first-order chi connectivity index (χ1) is 14.3. The van der Waals surface area contributed by atoms with Gasteiger partial charge in [-0.2, -0.15) is 0 Å². The second kappa shape index (κ2) is 7.78. The molecule has 0 aromatic heterocycles. The van der Waals surface area contributed by atoms with E-state index in [1.807, 2.05) is 19.9 Å². The standard InChI is InChI=1S/C23H21ClN2O3S/c1-15-8-10-19(24)14-21(15)25-23(27)17-9-11-22-18(13-17)12-16(2)26(22)30(28,29)20-6-4-3-5-7-20/h3-11,13-14,16H,12H2,1-2H3,(H,25,27)/t16-/m0/s1. The van der Waals surface area contributed by atoms with Gasteiger partial charge in [0.15, 0.2) is 0 Å². The minimum atomic E-state index is -3.68. The van der Waals surface area contributed by atoms with Crippen LogP contribution < -0.4 is 9.62 Å². The van der Waals surface area contributed by atoms with Gasteiger partial charge in [-0.3, -0.25) is 9.10 Å². The predicted octanol–water partition coefficient (Wildman–Crippen LogP) is 5.04. The Hall–Kier alpha value is -2.83. The van der Waals surface area contributed by atoms with Crippen LogP contribution >= 0.6 is 11.6 Å². The molecule has 1 heterocycles. The largest absolute Gasteiger partial charge is 0.322 e. The summed E-state index contributed by atoms with van der Waals surface area (Å²) in [5, 5.41) is 3.42. The van der Waals surface area contributed by atoms with Gasteiger partial charge in [-0.1, -0.05) is 35.9 Å². The SMILES string of the molecule is Cc1ccc(Cl)cc1NC(=O)c1ccc2c(c1)C[C@H](C)N2S(=O)(=O)c1ccccc1. The Morgan fingerprint density at radius 2 is 1.80 bits per heavy atom. The first kappa shape index (κ1) is 20.4. The average Bonchev–Trinajstić information content (AvgIpc) is 3.07. The van der Waals surface area contributed by atoms with Gasteiger partial charge < -0.3 is 5.32 Å². The Morgan fingerprint density at radius 3 is 2.53 bits per heavy atom. The first-order valence-corrected chi connectivity index (χ1v) is 11.4. The van der Waals surface area contributed by atoms with Crippen molar-refractivity contribution in [2.45, 2.75) is 31.2 Å². The smallest absolute Gasteiger partial charge is 0.264 e. The van der Waals surface area contributed by atoms with Crippen molar-refractivity contribution < 1.29 is 13.2 Å². The van der Waals surface area contributed by atoms with E-state index < -0.39 is 10.0 Å². The van der Waals surface area contributed by atoms with Crippen molar-refractivity contribution in [3.8, 4) is 0 Å². The zero-order valence-electron chi connectivity index (χ0n) is 16.6. The van der Waals surface area contributed by atoms with E-state index in [9.17, 15) is 13.2 Å². The highest BCUT2D eigenvalue weighted by Crippen LogP contribution is 2.37. The van der Waals surface area contributed by atoms with Crippen molar-refractivity contribution in [3.63, 3.8) is 0 Å². The Kier molecular flexibility index (Phi) is 5.30. The normalized spacial score (nSPS) is 15.7. The number of anilines is 2. The van der Waals surface area contributed by atoms with Crippen LogP contribution in [0.1, 0.15) is 28.4 Å². The summed E-state index contributed by atoms with van der Waals surface area (Å²) in [5.41, 5.74) is 3.47. The number of fused-ring (bicyclic) bond motifs is 1. The van der Waals surface area contributed by atoms with Crippen LogP contribution in [0.2, 0.25) is 5.02 Å². The Balaban J connectivity index is 1.64. The topological polar surface area (TPSA) is 66.5 Å². The third kappa shape index (κ3) is 3.68. The lowest BCUT2D eigenvalue weighted by Gasteiger charge is -2.24. The zero-order valence-corrected chi connectivity index (χ0v) is 18.2. The summed E-state index contributed by atoms with van der Waals surface area (Å²) in [6, 6.07) is 18.6. The van der Waals surface area contributed by atoms with Gasteiger partial charge in [0.25, 0.3) is 15.9 Å². The van der Waals surface area contributed by atoms with Gasteiger partial charge in [0, 0.05) is 22.3 Å². The Bertz CT molecular complexity index is 1230. The molecule has 0 saturated carbocycles. The van der Waals surface area contributed by atoms with Crippen LogP contribution in [0.4, 0.5) is 11.4 Å². The van der Waals surface area contributed by atoms with Gasteiger partial charge in [0.2, 0.25) is 0 Å². The van der Waals surface area contributed by atoms with Crippen LogP contribution in [0.25, 0.3) is 0 Å². The molecule has 0 radical (unpaired) electrons. The molecule has 3 aromatic rings. The highest BCUT2D eigenvalue weighted by Gasteiger charge is 2.36. The van der Waals surface area contributed by atoms with Crippen LogP contribution in [0, 0.1) is 6.92 Å². The van der Waals surface area contributed by atoms with Crippen LogP contribution in [-0.2, 0) is 16.4 Å². The molecule has 0 bridgehead atoms. The summed E-state index contributed by atoms with van der Waals surface area (Å²) in [7, 11) is -3.68. The number of sulfonamides is 1. The number of rotatable bonds is 4. The number of carbonyl (C=O) groups is 1. The molecule has 3 aromatic carbocycles. The van der Waals surface area contributed by atoms with Crippen molar-refractivity contribution in [2.75, 3.05) is 9.62 Å². The lowest BCUT2D eigenvalue weighted by molar-refractivity contribution is 0.102. The fraction of sp³-hybridized carbons (Fsp3) is 0.174. The zero-order chi connectivity index (χ0) is 21.5. The molecule has 0 spiro atoms. The third-order valence-corrected chi connectivity index (χ3v) is 7.42. The summed E-state index contributed by atoms with van der Waals surface area (Å²) < 4.78 is 27.8. The quantitative estimate of drug-likeness (QED) is 0.618. The lowest BCUT2D eigenvalue weighted by Crippen LogP contribution is -2.35. The molecule has 30 heavy (non-hydrogen) atoms. The van der Waals surface area contributed by atoms with E-state index in [1.54, 1.807) is 60.7 Å². The van der Waals surface area contributed by atoms with E-state index in [0.29, 0.717) is 28.4 Å². The van der Waals surface area contributed by atoms with E-state index in [-0.39, 0.29) is 16.8 Å². The number of hydrogen-bond acceptors (Lipinski definition) is 3. The van der Waals surface area contributed by atoms with Crippen LogP contribution in [-0.4, -0.2) is 20.4 Å². The number of amides is 1. The maximum atomic E-state index is 13.2. The molecule has 1 amide bonds. The van der Waals surface area contributed by atoms with Gasteiger partial charge in [-0.15, -0.1) is 0 Å². The summed E-state index contributed by atoms with van der Waals surface area (Å²) >= 11 is 6.03. The van der Waals surface area contributed by atoms with E-state index >= 15 is 0 Å². The molecule has 0 unspecified atom stereocenters. The van der Waals surface area contributed by atoms with E-state index in [2.05, 4.69) is 5.32 Å². The van der Waals surface area contributed by atoms with Crippen molar-refractivity contribution in [3.05, 3.63) is 88.4 Å². The minimum Gasteiger partial charge on any atom is -0.322 e. The highest BCUT2D eigenvalue weighted by atomic mass is 35.5. The van der Waals surface area contributed by atoms with E-state index in [4.69, 9.17) is 11.6 Å². The summed E-state index contributed by atoms with van der Waals surface area (Å²) in [4.78, 5) is 13.0. The number of carbonyl (C=O) groups excluding carboxylic acids is 1. The van der Waals surface area contributed by atoms with E-state index in [0.717, 1.165) is 11.1 Å². The second-order valence-electron chi connectivity index (χ2n) is 7.42. The predicted molar refractivity (Wildman–Crippen MR) is 120 cm³/mol. The molecule has 4 rings (SSSR count). The molecule has 1 atom stereocenters. The molecule has 0 fully saturated rings. The molecule has 1 aliphatic rings. The lowest BCUT2D eigenvalue weighted by atomic mass is 10.1. The van der Waals surface area contributed by atoms with Gasteiger partial charge >= 0.3 is 0 Å². The first-order valence-electron chi connectivity index (χ1n) is 9.57. The number of hydrogen-bond donors (Lipinski definition) is 1. The Morgan fingerprint density at radius 1 is 1.07 bits per heavy atom. The average molecular weight is 441 g/mol. The fourth-order valence-electron chi connectivity index (χ4n) is 3.74. The number of nitrogens with zero attached hydrogens (tertiary/aromatic N) is 1. The number of benzene rings is 3. The fourth-order valence-corrected chi connectivity index (χ4v) is 5.63. The molecule has 7 heteroatoms. The monoisotopic (exact) mass is 440 g/mol. The number of nitrogens with one attached hydrogen (secondary N) is 1. The van der Waals surface area contributed by atoms with Gasteiger partial charge in [0.1, 0.15) is 0 Å². The summed E-state index contributed by atoms with van der Waals surface area (Å²) in [6.45, 7) is 3.76. The molecule has 1 aliphatic heterocycles. The molecular weight excluding hydrogens is 420 g/mol. The van der Waals surface area contributed by atoms with Crippen LogP contribution in [0.3, 0.4) is 0 Å². The van der Waals surface area contributed by atoms with Crippen molar-refractivity contribution in [1.82, 2.24) is 0 Å². The third-order valence-electron chi connectivity index (χ3n) is 5.24. The Labute approximate surface area is 181 Å². The molecule has 0 aliphatic carbocycles.